The number of rotatable bonds is 4. The second kappa shape index (κ2) is 7.35. The Morgan fingerprint density at radius 3 is 2.41 bits per heavy atom. The molecule has 2 aromatic carbocycles. The first kappa shape index (κ1) is 18.5. The van der Waals surface area contributed by atoms with Crippen molar-refractivity contribution in [1.82, 2.24) is 9.29 Å². The summed E-state index contributed by atoms with van der Waals surface area (Å²) in [5.41, 5.74) is 4.04. The van der Waals surface area contributed by atoms with Gasteiger partial charge >= 0.3 is 0 Å². The molecule has 0 radical (unpaired) electrons. The maximum absolute atomic E-state index is 13.5. The number of fused-ring (bicyclic) bond motifs is 1. The second-order valence-electron chi connectivity index (χ2n) is 7.73. The van der Waals surface area contributed by atoms with Crippen LogP contribution < -0.4 is 10.2 Å². The van der Waals surface area contributed by atoms with E-state index in [1.165, 1.54) is 22.4 Å². The highest BCUT2D eigenvalue weighted by Gasteiger charge is 2.23. The average Bonchev–Trinajstić information content (AvgIpc) is 3.43. The summed E-state index contributed by atoms with van der Waals surface area (Å²) in [6, 6.07) is 15.1. The van der Waals surface area contributed by atoms with Crippen molar-refractivity contribution < 1.29 is 8.42 Å². The molecule has 0 amide bonds. The molecule has 3 aromatic rings. The summed E-state index contributed by atoms with van der Waals surface area (Å²) in [5.74, 6) is 0. The lowest BCUT2D eigenvalue weighted by atomic mass is 10.00. The Morgan fingerprint density at radius 2 is 1.69 bits per heavy atom. The standard InChI is InChI=1S/C23H25N3O2S/c27-29(28,20-9-7-19(8-10-20)25-15-3-4-16-25)26-17-22(18-11-13-24-14-12-18)21-5-1-2-6-23(21)26/h1-2,5-11,17,24H,3-4,12-16H2. The second-order valence-corrected chi connectivity index (χ2v) is 9.55. The highest BCUT2D eigenvalue weighted by atomic mass is 32.2. The molecule has 0 atom stereocenters. The normalized spacial score (nSPS) is 17.7. The molecule has 5 nitrogen and oxygen atoms in total. The van der Waals surface area contributed by atoms with Gasteiger partial charge in [-0.2, -0.15) is 0 Å². The minimum Gasteiger partial charge on any atom is -0.372 e. The molecule has 5 rings (SSSR count). The van der Waals surface area contributed by atoms with Gasteiger partial charge in [0.15, 0.2) is 0 Å². The Hall–Kier alpha value is -2.57. The minimum absolute atomic E-state index is 0.326. The lowest BCUT2D eigenvalue weighted by molar-refractivity contribution is 0.589. The Labute approximate surface area is 171 Å². The molecule has 0 bridgehead atoms. The van der Waals surface area contributed by atoms with Crippen LogP contribution in [0, 0.1) is 0 Å². The van der Waals surface area contributed by atoms with E-state index in [4.69, 9.17) is 0 Å². The molecule has 0 aliphatic carbocycles. The van der Waals surface area contributed by atoms with Crippen molar-refractivity contribution >= 4 is 32.2 Å². The Balaban J connectivity index is 1.58. The zero-order valence-electron chi connectivity index (χ0n) is 16.3. The minimum atomic E-state index is -3.67. The molecule has 1 aromatic heterocycles. The third-order valence-electron chi connectivity index (χ3n) is 5.95. The van der Waals surface area contributed by atoms with Gasteiger partial charge in [-0.15, -0.1) is 0 Å². The zero-order valence-corrected chi connectivity index (χ0v) is 17.2. The Kier molecular flexibility index (Phi) is 4.68. The molecule has 2 aliphatic heterocycles. The van der Waals surface area contributed by atoms with Gasteiger partial charge in [0.2, 0.25) is 0 Å². The molecule has 1 fully saturated rings. The number of hydrogen-bond acceptors (Lipinski definition) is 4. The third kappa shape index (κ3) is 3.26. The van der Waals surface area contributed by atoms with E-state index in [0.717, 1.165) is 54.8 Å². The van der Waals surface area contributed by atoms with Crippen LogP contribution in [0.25, 0.3) is 16.5 Å². The van der Waals surface area contributed by atoms with Gasteiger partial charge in [0, 0.05) is 42.5 Å². The number of anilines is 1. The SMILES string of the molecule is O=S(=O)(c1ccc(N2CCCC2)cc1)n1cc(C2=CCNCC2)c2ccccc21. The van der Waals surface area contributed by atoms with Crippen LogP contribution in [0.15, 0.2) is 65.7 Å². The molecule has 2 aliphatic rings. The Bertz CT molecular complexity index is 1170. The van der Waals surface area contributed by atoms with Crippen LogP contribution in [0.2, 0.25) is 0 Å². The van der Waals surface area contributed by atoms with E-state index in [0.29, 0.717) is 4.90 Å². The van der Waals surface area contributed by atoms with E-state index in [1.54, 1.807) is 18.3 Å². The highest BCUT2D eigenvalue weighted by molar-refractivity contribution is 7.90. The molecule has 0 saturated carbocycles. The summed E-state index contributed by atoms with van der Waals surface area (Å²) in [7, 11) is -3.67. The maximum atomic E-state index is 13.5. The quantitative estimate of drug-likeness (QED) is 0.714. The predicted molar refractivity (Wildman–Crippen MR) is 118 cm³/mol. The summed E-state index contributed by atoms with van der Waals surface area (Å²) in [6.45, 7) is 3.82. The fourth-order valence-electron chi connectivity index (χ4n) is 4.39. The van der Waals surface area contributed by atoms with Crippen LogP contribution in [0.4, 0.5) is 5.69 Å². The van der Waals surface area contributed by atoms with Crippen molar-refractivity contribution in [3.05, 3.63) is 66.4 Å². The number of nitrogens with zero attached hydrogens (tertiary/aromatic N) is 2. The van der Waals surface area contributed by atoms with Crippen molar-refractivity contribution in [2.75, 3.05) is 31.1 Å². The predicted octanol–water partition coefficient (Wildman–Crippen LogP) is 3.86. The van der Waals surface area contributed by atoms with Gasteiger partial charge in [0.1, 0.15) is 0 Å². The van der Waals surface area contributed by atoms with E-state index in [9.17, 15) is 8.42 Å². The summed E-state index contributed by atoms with van der Waals surface area (Å²) in [4.78, 5) is 2.63. The smallest absolute Gasteiger partial charge is 0.268 e. The van der Waals surface area contributed by atoms with Crippen LogP contribution >= 0.6 is 0 Å². The van der Waals surface area contributed by atoms with E-state index in [1.807, 2.05) is 36.4 Å². The molecular formula is C23H25N3O2S. The van der Waals surface area contributed by atoms with E-state index < -0.39 is 10.0 Å². The number of nitrogens with one attached hydrogen (secondary N) is 1. The molecule has 0 spiro atoms. The number of hydrogen-bond donors (Lipinski definition) is 1. The lowest BCUT2D eigenvalue weighted by Crippen LogP contribution is -2.20. The third-order valence-corrected chi connectivity index (χ3v) is 7.64. The van der Waals surface area contributed by atoms with Crippen LogP contribution in [0.1, 0.15) is 24.8 Å². The van der Waals surface area contributed by atoms with Crippen molar-refractivity contribution in [1.29, 1.82) is 0 Å². The molecule has 3 heterocycles. The van der Waals surface area contributed by atoms with Crippen molar-refractivity contribution in [2.45, 2.75) is 24.2 Å². The first-order valence-electron chi connectivity index (χ1n) is 10.3. The van der Waals surface area contributed by atoms with Gasteiger partial charge in [0.25, 0.3) is 10.0 Å². The first-order chi connectivity index (χ1) is 14.1. The summed E-state index contributed by atoms with van der Waals surface area (Å²) in [6.07, 6.45) is 7.25. The van der Waals surface area contributed by atoms with Gasteiger partial charge in [-0.1, -0.05) is 24.3 Å². The van der Waals surface area contributed by atoms with Crippen molar-refractivity contribution in [3.8, 4) is 0 Å². The monoisotopic (exact) mass is 407 g/mol. The van der Waals surface area contributed by atoms with Gasteiger partial charge < -0.3 is 10.2 Å². The van der Waals surface area contributed by atoms with E-state index >= 15 is 0 Å². The van der Waals surface area contributed by atoms with Gasteiger partial charge in [-0.25, -0.2) is 12.4 Å². The van der Waals surface area contributed by atoms with E-state index in [-0.39, 0.29) is 0 Å². The Morgan fingerprint density at radius 1 is 0.931 bits per heavy atom. The fourth-order valence-corrected chi connectivity index (χ4v) is 5.76. The average molecular weight is 408 g/mol. The van der Waals surface area contributed by atoms with E-state index in [2.05, 4.69) is 16.3 Å². The van der Waals surface area contributed by atoms with Crippen LogP contribution in [0.5, 0.6) is 0 Å². The lowest BCUT2D eigenvalue weighted by Gasteiger charge is -2.18. The zero-order chi connectivity index (χ0) is 19.8. The summed E-state index contributed by atoms with van der Waals surface area (Å²) < 4.78 is 28.4. The fraction of sp³-hybridized carbons (Fsp3) is 0.304. The van der Waals surface area contributed by atoms with Crippen LogP contribution in [-0.4, -0.2) is 38.6 Å². The largest absolute Gasteiger partial charge is 0.372 e. The highest BCUT2D eigenvalue weighted by Crippen LogP contribution is 2.32. The van der Waals surface area contributed by atoms with Crippen LogP contribution in [0.3, 0.4) is 0 Å². The maximum Gasteiger partial charge on any atom is 0.268 e. The number of para-hydroxylation sites is 1. The number of aromatic nitrogens is 1. The number of benzene rings is 2. The molecule has 6 heteroatoms. The molecule has 150 valence electrons. The van der Waals surface area contributed by atoms with Gasteiger partial charge in [-0.3, -0.25) is 0 Å². The summed E-state index contributed by atoms with van der Waals surface area (Å²) >= 11 is 0. The molecule has 0 unspecified atom stereocenters. The molecule has 29 heavy (non-hydrogen) atoms. The van der Waals surface area contributed by atoms with Crippen molar-refractivity contribution in [3.63, 3.8) is 0 Å². The first-order valence-corrected chi connectivity index (χ1v) is 11.7. The van der Waals surface area contributed by atoms with Gasteiger partial charge in [0.05, 0.1) is 10.4 Å². The topological polar surface area (TPSA) is 54.3 Å². The van der Waals surface area contributed by atoms with Crippen LogP contribution in [-0.2, 0) is 10.0 Å². The van der Waals surface area contributed by atoms with Gasteiger partial charge in [-0.05, 0) is 61.7 Å². The molecule has 1 saturated heterocycles. The summed E-state index contributed by atoms with van der Waals surface area (Å²) in [5, 5.41) is 4.30. The van der Waals surface area contributed by atoms with Crippen molar-refractivity contribution in [2.24, 2.45) is 0 Å². The molecular weight excluding hydrogens is 382 g/mol. The molecule has 1 N–H and O–H groups in total.